The fourth-order valence-electron chi connectivity index (χ4n) is 4.39. The van der Waals surface area contributed by atoms with Crippen molar-refractivity contribution in [3.05, 3.63) is 95.6 Å². The Morgan fingerprint density at radius 3 is 2.30 bits per heavy atom. The fraction of sp³-hybridized carbons (Fsp3) is 0.355. The van der Waals surface area contributed by atoms with E-state index in [1.165, 1.54) is 5.56 Å². The van der Waals surface area contributed by atoms with Crippen LogP contribution in [0.4, 0.5) is 5.69 Å². The van der Waals surface area contributed by atoms with E-state index in [1.807, 2.05) is 68.4 Å². The summed E-state index contributed by atoms with van der Waals surface area (Å²) in [5, 5.41) is 3.27. The fourth-order valence-corrected chi connectivity index (χ4v) is 4.39. The molecule has 1 amide bonds. The molecule has 3 aromatic rings. The maximum atomic E-state index is 13.9. The second-order valence-corrected chi connectivity index (χ2v) is 10.1. The van der Waals surface area contributed by atoms with Gasteiger partial charge in [0.05, 0.1) is 12.2 Å². The van der Waals surface area contributed by atoms with Crippen molar-refractivity contribution < 1.29 is 19.1 Å². The number of amides is 1. The molecule has 0 fully saturated rings. The molecule has 1 aliphatic heterocycles. The number of benzene rings is 3. The van der Waals surface area contributed by atoms with E-state index in [-0.39, 0.29) is 31.0 Å². The molecule has 2 atom stereocenters. The summed E-state index contributed by atoms with van der Waals surface area (Å²) in [6.45, 7) is 8.90. The van der Waals surface area contributed by atoms with Crippen molar-refractivity contribution >= 4 is 17.6 Å². The van der Waals surface area contributed by atoms with Gasteiger partial charge in [0.2, 0.25) is 5.91 Å². The highest BCUT2D eigenvalue weighted by molar-refractivity contribution is 5.99. The molecule has 0 aliphatic carbocycles. The Balaban J connectivity index is 1.53. The van der Waals surface area contributed by atoms with Crippen molar-refractivity contribution in [3.8, 4) is 5.75 Å². The third kappa shape index (κ3) is 6.57. The quantitative estimate of drug-likeness (QED) is 0.395. The van der Waals surface area contributed by atoms with Crippen molar-refractivity contribution in [2.45, 2.75) is 58.8 Å². The zero-order valence-electron chi connectivity index (χ0n) is 22.0. The SMILES string of the molecule is CC(C)c1ccc(CN2C(=O)[C@@H](NC(C(=O)OCc3ccccc3)C(C)C)COc3ccccc32)cc1. The molecule has 1 aliphatic rings. The first-order valence-electron chi connectivity index (χ1n) is 12.9. The molecule has 194 valence electrons. The van der Waals surface area contributed by atoms with Crippen molar-refractivity contribution in [1.29, 1.82) is 0 Å². The average molecular weight is 501 g/mol. The van der Waals surface area contributed by atoms with E-state index < -0.39 is 12.1 Å². The second kappa shape index (κ2) is 12.1. The summed E-state index contributed by atoms with van der Waals surface area (Å²) >= 11 is 0. The summed E-state index contributed by atoms with van der Waals surface area (Å²) < 4.78 is 11.7. The van der Waals surface area contributed by atoms with Crippen molar-refractivity contribution in [2.75, 3.05) is 11.5 Å². The number of hydrogen-bond acceptors (Lipinski definition) is 5. The number of rotatable bonds is 9. The minimum Gasteiger partial charge on any atom is -0.489 e. The first-order valence-corrected chi connectivity index (χ1v) is 12.9. The molecule has 6 heteroatoms. The van der Waals surface area contributed by atoms with Gasteiger partial charge in [-0.15, -0.1) is 0 Å². The maximum Gasteiger partial charge on any atom is 0.323 e. The molecule has 0 aromatic heterocycles. The average Bonchev–Trinajstić information content (AvgIpc) is 3.03. The number of hydrogen-bond donors (Lipinski definition) is 1. The maximum absolute atomic E-state index is 13.9. The summed E-state index contributed by atoms with van der Waals surface area (Å²) in [5.74, 6) is 0.472. The van der Waals surface area contributed by atoms with Crippen LogP contribution in [0.5, 0.6) is 5.75 Å². The van der Waals surface area contributed by atoms with Gasteiger partial charge in [-0.25, -0.2) is 0 Å². The number of nitrogens with zero attached hydrogens (tertiary/aromatic N) is 1. The zero-order chi connectivity index (χ0) is 26.4. The first kappa shape index (κ1) is 26.4. The van der Waals surface area contributed by atoms with Gasteiger partial charge < -0.3 is 14.4 Å². The highest BCUT2D eigenvalue weighted by Gasteiger charge is 2.36. The minimum absolute atomic E-state index is 0.0845. The van der Waals surface area contributed by atoms with Gasteiger partial charge in [0.25, 0.3) is 0 Å². The van der Waals surface area contributed by atoms with E-state index in [2.05, 4.69) is 43.4 Å². The lowest BCUT2D eigenvalue weighted by atomic mass is 10.0. The van der Waals surface area contributed by atoms with Gasteiger partial charge in [-0.3, -0.25) is 14.9 Å². The standard InChI is InChI=1S/C31H36N2O4/c1-21(2)25-16-14-23(15-17-25)18-33-27-12-8-9-13-28(27)36-20-26(30(33)34)32-29(22(3)4)31(35)37-19-24-10-6-5-7-11-24/h5-17,21-22,26,29,32H,18-20H2,1-4H3/t26-,29?/m0/s1. The first-order chi connectivity index (χ1) is 17.8. The van der Waals surface area contributed by atoms with E-state index in [0.29, 0.717) is 18.2 Å². The Labute approximate surface area is 219 Å². The van der Waals surface area contributed by atoms with Crippen molar-refractivity contribution in [3.63, 3.8) is 0 Å². The molecule has 6 nitrogen and oxygen atoms in total. The van der Waals surface area contributed by atoms with Crippen molar-refractivity contribution in [2.24, 2.45) is 5.92 Å². The molecular weight excluding hydrogens is 464 g/mol. The smallest absolute Gasteiger partial charge is 0.323 e. The number of anilines is 1. The summed E-state index contributed by atoms with van der Waals surface area (Å²) in [6.07, 6.45) is 0. The molecular formula is C31H36N2O4. The summed E-state index contributed by atoms with van der Waals surface area (Å²) in [7, 11) is 0. The molecule has 37 heavy (non-hydrogen) atoms. The molecule has 0 saturated heterocycles. The Bertz CT molecular complexity index is 1190. The number of para-hydroxylation sites is 2. The number of carbonyl (C=O) groups is 2. The number of esters is 1. The number of nitrogens with one attached hydrogen (secondary N) is 1. The summed E-state index contributed by atoms with van der Waals surface area (Å²) in [6, 6.07) is 24.1. The van der Waals surface area contributed by atoms with E-state index >= 15 is 0 Å². The number of carbonyl (C=O) groups excluding carboxylic acids is 2. The Kier molecular flexibility index (Phi) is 8.62. The van der Waals surface area contributed by atoms with Gasteiger partial charge in [-0.2, -0.15) is 0 Å². The van der Waals surface area contributed by atoms with Crippen LogP contribution >= 0.6 is 0 Å². The molecule has 0 radical (unpaired) electrons. The highest BCUT2D eigenvalue weighted by atomic mass is 16.5. The molecule has 3 aromatic carbocycles. The van der Waals surface area contributed by atoms with Crippen LogP contribution < -0.4 is 15.0 Å². The highest BCUT2D eigenvalue weighted by Crippen LogP contribution is 2.32. The molecule has 0 bridgehead atoms. The third-order valence-electron chi connectivity index (χ3n) is 6.64. The Morgan fingerprint density at radius 1 is 0.946 bits per heavy atom. The van der Waals surface area contributed by atoms with Gasteiger partial charge in [-0.05, 0) is 40.7 Å². The van der Waals surface area contributed by atoms with Crippen LogP contribution in [0.15, 0.2) is 78.9 Å². The van der Waals surface area contributed by atoms with E-state index in [9.17, 15) is 9.59 Å². The van der Waals surface area contributed by atoms with Crippen LogP contribution in [-0.2, 0) is 27.5 Å². The van der Waals surface area contributed by atoms with Gasteiger partial charge >= 0.3 is 5.97 Å². The van der Waals surface area contributed by atoms with Crippen LogP contribution in [0.25, 0.3) is 0 Å². The van der Waals surface area contributed by atoms with Gasteiger partial charge in [0, 0.05) is 0 Å². The minimum atomic E-state index is -0.709. The number of fused-ring (bicyclic) bond motifs is 1. The molecule has 0 saturated carbocycles. The van der Waals surface area contributed by atoms with E-state index in [4.69, 9.17) is 9.47 Å². The van der Waals surface area contributed by atoms with Crippen LogP contribution in [0.2, 0.25) is 0 Å². The molecule has 1 N–H and O–H groups in total. The van der Waals surface area contributed by atoms with Gasteiger partial charge in [-0.1, -0.05) is 94.4 Å². The van der Waals surface area contributed by atoms with Crippen LogP contribution in [0.3, 0.4) is 0 Å². The van der Waals surface area contributed by atoms with E-state index in [0.717, 1.165) is 16.8 Å². The molecule has 4 rings (SSSR count). The normalized spacial score (nSPS) is 16.2. The van der Waals surface area contributed by atoms with Gasteiger partial charge in [0.15, 0.2) is 0 Å². The lowest BCUT2D eigenvalue weighted by Gasteiger charge is -2.28. The predicted molar refractivity (Wildman–Crippen MR) is 145 cm³/mol. The zero-order valence-corrected chi connectivity index (χ0v) is 22.0. The second-order valence-electron chi connectivity index (χ2n) is 10.1. The van der Waals surface area contributed by atoms with Crippen LogP contribution in [0, 0.1) is 5.92 Å². The third-order valence-corrected chi connectivity index (χ3v) is 6.64. The largest absolute Gasteiger partial charge is 0.489 e. The Hall–Kier alpha value is -3.64. The monoisotopic (exact) mass is 500 g/mol. The lowest BCUT2D eigenvalue weighted by Crippen LogP contribution is -2.55. The predicted octanol–water partition coefficient (Wildman–Crippen LogP) is 5.46. The Morgan fingerprint density at radius 2 is 1.62 bits per heavy atom. The number of ether oxygens (including phenoxy) is 2. The van der Waals surface area contributed by atoms with E-state index in [1.54, 1.807) is 4.90 Å². The molecule has 1 unspecified atom stereocenters. The topological polar surface area (TPSA) is 67.9 Å². The lowest BCUT2D eigenvalue weighted by molar-refractivity contribution is -0.149. The summed E-state index contributed by atoms with van der Waals surface area (Å²) in [5.41, 5.74) is 3.91. The molecule has 1 heterocycles. The van der Waals surface area contributed by atoms with Crippen molar-refractivity contribution in [1.82, 2.24) is 5.32 Å². The summed E-state index contributed by atoms with van der Waals surface area (Å²) in [4.78, 5) is 28.7. The molecule has 0 spiro atoms. The van der Waals surface area contributed by atoms with Crippen LogP contribution in [-0.4, -0.2) is 30.6 Å². The van der Waals surface area contributed by atoms with Crippen LogP contribution in [0.1, 0.15) is 50.3 Å². The van der Waals surface area contributed by atoms with Gasteiger partial charge in [0.1, 0.15) is 31.0 Å².